The van der Waals surface area contributed by atoms with E-state index in [1.165, 1.54) is 6.92 Å². The Balaban J connectivity index is 2.45. The maximum Gasteiger partial charge on any atom is 0.308 e. The minimum absolute atomic E-state index is 0.172. The molecule has 0 atom stereocenters. The third kappa shape index (κ3) is 4.59. The van der Waals surface area contributed by atoms with Gasteiger partial charge in [0.1, 0.15) is 5.75 Å². The molecule has 16 heavy (non-hydrogen) atoms. The Morgan fingerprint density at radius 2 is 1.88 bits per heavy atom. The van der Waals surface area contributed by atoms with Crippen LogP contribution in [0.1, 0.15) is 25.3 Å². The Bertz CT molecular complexity index is 367. The topological polar surface area (TPSA) is 63.6 Å². The van der Waals surface area contributed by atoms with Gasteiger partial charge in [0.05, 0.1) is 0 Å². The van der Waals surface area contributed by atoms with Gasteiger partial charge in [-0.2, -0.15) is 0 Å². The molecule has 0 bridgehead atoms. The maximum atomic E-state index is 10.7. The summed E-state index contributed by atoms with van der Waals surface area (Å²) in [5, 5.41) is 8.48. The van der Waals surface area contributed by atoms with Crippen LogP contribution in [0.3, 0.4) is 0 Å². The van der Waals surface area contributed by atoms with Gasteiger partial charge in [-0.15, -0.1) is 0 Å². The summed E-state index contributed by atoms with van der Waals surface area (Å²) >= 11 is 0. The van der Waals surface area contributed by atoms with Crippen LogP contribution in [0.4, 0.5) is 0 Å². The van der Waals surface area contributed by atoms with E-state index < -0.39 is 5.97 Å². The van der Waals surface area contributed by atoms with Crippen molar-refractivity contribution in [3.05, 3.63) is 29.8 Å². The van der Waals surface area contributed by atoms with Crippen LogP contribution in [0.25, 0.3) is 0 Å². The van der Waals surface area contributed by atoms with Crippen LogP contribution in [0.15, 0.2) is 24.3 Å². The molecule has 0 spiro atoms. The van der Waals surface area contributed by atoms with Gasteiger partial charge in [0.2, 0.25) is 0 Å². The van der Waals surface area contributed by atoms with Gasteiger partial charge in [-0.25, -0.2) is 0 Å². The summed E-state index contributed by atoms with van der Waals surface area (Å²) in [5.41, 5.74) is 1.04. The molecular weight excluding hydrogens is 208 g/mol. The SMILES string of the molecule is CC(=O)Oc1ccc(CCCC(=O)O)cc1. The summed E-state index contributed by atoms with van der Waals surface area (Å²) in [4.78, 5) is 21.0. The van der Waals surface area contributed by atoms with Crippen LogP contribution in [0.5, 0.6) is 5.75 Å². The highest BCUT2D eigenvalue weighted by atomic mass is 16.5. The van der Waals surface area contributed by atoms with Crippen LogP contribution in [0, 0.1) is 0 Å². The molecule has 1 aromatic rings. The summed E-state index contributed by atoms with van der Waals surface area (Å²) in [5.74, 6) is -0.621. The van der Waals surface area contributed by atoms with Gasteiger partial charge in [0.15, 0.2) is 0 Å². The number of ether oxygens (including phenoxy) is 1. The van der Waals surface area contributed by atoms with Crippen molar-refractivity contribution in [3.63, 3.8) is 0 Å². The van der Waals surface area contributed by atoms with E-state index in [1.54, 1.807) is 12.1 Å². The predicted octanol–water partition coefficient (Wildman–Crippen LogP) is 2.02. The van der Waals surface area contributed by atoms with Crippen molar-refractivity contribution in [3.8, 4) is 5.75 Å². The second-order valence-electron chi connectivity index (χ2n) is 3.48. The third-order valence-corrected chi connectivity index (χ3v) is 2.04. The first kappa shape index (κ1) is 12.2. The van der Waals surface area contributed by atoms with Crippen LogP contribution < -0.4 is 4.74 Å². The lowest BCUT2D eigenvalue weighted by Crippen LogP contribution is -2.01. The fourth-order valence-corrected chi connectivity index (χ4v) is 1.33. The highest BCUT2D eigenvalue weighted by molar-refractivity contribution is 5.69. The molecule has 0 fully saturated rings. The predicted molar refractivity (Wildman–Crippen MR) is 58.3 cm³/mol. The van der Waals surface area contributed by atoms with Gasteiger partial charge < -0.3 is 9.84 Å². The average molecular weight is 222 g/mol. The van der Waals surface area contributed by atoms with Crippen LogP contribution in [-0.4, -0.2) is 17.0 Å². The molecule has 0 aliphatic rings. The molecular formula is C12H14O4. The molecule has 0 saturated heterocycles. The smallest absolute Gasteiger partial charge is 0.308 e. The van der Waals surface area contributed by atoms with E-state index >= 15 is 0 Å². The normalized spacial score (nSPS) is 9.81. The number of esters is 1. The van der Waals surface area contributed by atoms with Gasteiger partial charge in [0.25, 0.3) is 0 Å². The number of carboxylic acid groups (broad SMARTS) is 1. The van der Waals surface area contributed by atoms with Crippen molar-refractivity contribution in [2.75, 3.05) is 0 Å². The number of aliphatic carboxylic acids is 1. The van der Waals surface area contributed by atoms with Crippen molar-refractivity contribution in [1.29, 1.82) is 0 Å². The second-order valence-corrected chi connectivity index (χ2v) is 3.48. The minimum atomic E-state index is -0.781. The highest BCUT2D eigenvalue weighted by Crippen LogP contribution is 2.13. The molecule has 0 amide bonds. The molecule has 0 radical (unpaired) electrons. The van der Waals surface area contributed by atoms with E-state index in [-0.39, 0.29) is 12.4 Å². The summed E-state index contributed by atoms with van der Waals surface area (Å²) in [6, 6.07) is 7.08. The number of carboxylic acids is 1. The lowest BCUT2D eigenvalue weighted by Gasteiger charge is -2.03. The fourth-order valence-electron chi connectivity index (χ4n) is 1.33. The van der Waals surface area contributed by atoms with E-state index in [1.807, 2.05) is 12.1 Å². The number of carbonyl (C=O) groups is 2. The Kier molecular flexibility index (Phi) is 4.51. The molecule has 0 saturated carbocycles. The van der Waals surface area contributed by atoms with E-state index in [4.69, 9.17) is 9.84 Å². The molecule has 0 aliphatic carbocycles. The first-order valence-electron chi connectivity index (χ1n) is 5.07. The summed E-state index contributed by atoms with van der Waals surface area (Å²) in [6.45, 7) is 1.35. The molecule has 1 rings (SSSR count). The van der Waals surface area contributed by atoms with Gasteiger partial charge in [0, 0.05) is 13.3 Å². The molecule has 0 heterocycles. The molecule has 4 nitrogen and oxygen atoms in total. The molecule has 86 valence electrons. The average Bonchev–Trinajstić information content (AvgIpc) is 2.19. The Morgan fingerprint density at radius 3 is 2.38 bits per heavy atom. The van der Waals surface area contributed by atoms with Gasteiger partial charge in [-0.1, -0.05) is 12.1 Å². The third-order valence-electron chi connectivity index (χ3n) is 2.04. The second kappa shape index (κ2) is 5.90. The first-order valence-corrected chi connectivity index (χ1v) is 5.07. The molecule has 1 aromatic carbocycles. The molecule has 0 aromatic heterocycles. The largest absolute Gasteiger partial charge is 0.481 e. The number of carbonyl (C=O) groups excluding carboxylic acids is 1. The van der Waals surface area contributed by atoms with Crippen molar-refractivity contribution in [1.82, 2.24) is 0 Å². The monoisotopic (exact) mass is 222 g/mol. The maximum absolute atomic E-state index is 10.7. The quantitative estimate of drug-likeness (QED) is 0.611. The van der Waals surface area contributed by atoms with Crippen molar-refractivity contribution < 1.29 is 19.4 Å². The number of benzene rings is 1. The lowest BCUT2D eigenvalue weighted by atomic mass is 10.1. The van der Waals surface area contributed by atoms with Crippen molar-refractivity contribution >= 4 is 11.9 Å². The zero-order valence-corrected chi connectivity index (χ0v) is 9.10. The summed E-state index contributed by atoms with van der Waals surface area (Å²) < 4.78 is 4.88. The fraction of sp³-hybridized carbons (Fsp3) is 0.333. The number of rotatable bonds is 5. The Morgan fingerprint density at radius 1 is 1.25 bits per heavy atom. The molecule has 0 aliphatic heterocycles. The Labute approximate surface area is 93.9 Å². The van der Waals surface area contributed by atoms with Crippen LogP contribution in [-0.2, 0) is 16.0 Å². The van der Waals surface area contributed by atoms with E-state index in [0.717, 1.165) is 5.56 Å². The number of aryl methyl sites for hydroxylation is 1. The highest BCUT2D eigenvalue weighted by Gasteiger charge is 2.00. The van der Waals surface area contributed by atoms with Crippen LogP contribution in [0.2, 0.25) is 0 Å². The number of hydrogen-bond acceptors (Lipinski definition) is 3. The molecule has 1 N–H and O–H groups in total. The lowest BCUT2D eigenvalue weighted by molar-refractivity contribution is -0.137. The minimum Gasteiger partial charge on any atom is -0.481 e. The Hall–Kier alpha value is -1.84. The standard InChI is InChI=1S/C12H14O4/c1-9(13)16-11-7-5-10(6-8-11)3-2-4-12(14)15/h5-8H,2-4H2,1H3,(H,14,15). The summed E-state index contributed by atoms with van der Waals surface area (Å²) in [7, 11) is 0. The van der Waals surface area contributed by atoms with E-state index in [9.17, 15) is 9.59 Å². The molecule has 4 heteroatoms. The zero-order valence-electron chi connectivity index (χ0n) is 9.10. The number of hydrogen-bond donors (Lipinski definition) is 1. The summed E-state index contributed by atoms with van der Waals surface area (Å²) in [6.07, 6.45) is 1.50. The van der Waals surface area contributed by atoms with Gasteiger partial charge in [-0.3, -0.25) is 9.59 Å². The van der Waals surface area contributed by atoms with Crippen LogP contribution >= 0.6 is 0 Å². The zero-order chi connectivity index (χ0) is 12.0. The van der Waals surface area contributed by atoms with E-state index in [2.05, 4.69) is 0 Å². The van der Waals surface area contributed by atoms with Gasteiger partial charge >= 0.3 is 11.9 Å². The van der Waals surface area contributed by atoms with E-state index in [0.29, 0.717) is 18.6 Å². The molecule has 0 unspecified atom stereocenters. The first-order chi connectivity index (χ1) is 7.58. The van der Waals surface area contributed by atoms with Crippen molar-refractivity contribution in [2.45, 2.75) is 26.2 Å². The van der Waals surface area contributed by atoms with Crippen molar-refractivity contribution in [2.24, 2.45) is 0 Å². The van der Waals surface area contributed by atoms with Gasteiger partial charge in [-0.05, 0) is 30.5 Å².